The molecule has 1 fully saturated rings. The Labute approximate surface area is 135 Å². The molecule has 1 aromatic rings. The smallest absolute Gasteiger partial charge is 0.308 e. The van der Waals surface area contributed by atoms with E-state index in [1.165, 1.54) is 4.88 Å². The van der Waals surface area contributed by atoms with Gasteiger partial charge in [-0.25, -0.2) is 0 Å². The van der Waals surface area contributed by atoms with E-state index in [4.69, 9.17) is 9.57 Å². The summed E-state index contributed by atoms with van der Waals surface area (Å²) in [6, 6.07) is 3.87. The van der Waals surface area contributed by atoms with Gasteiger partial charge in [-0.05, 0) is 50.5 Å². The molecule has 22 heavy (non-hydrogen) atoms. The zero-order chi connectivity index (χ0) is 15.8. The molecule has 0 aromatic carbocycles. The highest BCUT2D eigenvalue weighted by molar-refractivity contribution is 7.09. The molecule has 1 saturated heterocycles. The number of hydroxylamine groups is 1. The van der Waals surface area contributed by atoms with Crippen LogP contribution >= 0.6 is 11.3 Å². The van der Waals surface area contributed by atoms with Crippen LogP contribution in [0.25, 0.3) is 0 Å². The van der Waals surface area contributed by atoms with Gasteiger partial charge >= 0.3 is 5.97 Å². The summed E-state index contributed by atoms with van der Waals surface area (Å²) in [7, 11) is 0. The number of hydrogen-bond donors (Lipinski definition) is 2. The molecule has 0 spiro atoms. The maximum atomic E-state index is 11.5. The zero-order valence-corrected chi connectivity index (χ0v) is 13.8. The minimum atomic E-state index is -0.778. The summed E-state index contributed by atoms with van der Waals surface area (Å²) in [5.74, 6) is -1.23. The number of carboxylic acid groups (broad SMARTS) is 1. The first kappa shape index (κ1) is 17.4. The molecule has 0 radical (unpaired) electrons. The average molecular weight is 327 g/mol. The molecular weight excluding hydrogens is 302 g/mol. The Bertz CT molecular complexity index is 431. The maximum absolute atomic E-state index is 11.5. The number of carbonyl (C=O) groups is 1. The summed E-state index contributed by atoms with van der Waals surface area (Å²) >= 11 is 1.72. The normalized spacial score (nSPS) is 21.4. The van der Waals surface area contributed by atoms with Gasteiger partial charge < -0.3 is 9.84 Å². The summed E-state index contributed by atoms with van der Waals surface area (Å²) in [5, 5.41) is 11.5. The predicted molar refractivity (Wildman–Crippen MR) is 85.7 cm³/mol. The fraction of sp³-hybridized carbons (Fsp3) is 0.688. The van der Waals surface area contributed by atoms with E-state index >= 15 is 0 Å². The topological polar surface area (TPSA) is 67.8 Å². The highest BCUT2D eigenvalue weighted by atomic mass is 32.1. The Hall–Kier alpha value is -0.950. The van der Waals surface area contributed by atoms with Crippen LogP contribution in [-0.2, 0) is 20.8 Å². The third kappa shape index (κ3) is 5.68. The molecule has 3 atom stereocenters. The standard InChI is InChI=1S/C16H25NO4S/c1-12(17-21-15-9-2-3-10-20-15)14(16(18)19)8-4-6-13-7-5-11-22-13/h5,7,11-12,14-15,17H,2-4,6,8-10H2,1H3,(H,18,19)/t12-,14+,15?/m0/s1. The van der Waals surface area contributed by atoms with E-state index in [1.807, 2.05) is 18.4 Å². The molecule has 0 amide bonds. The lowest BCUT2D eigenvalue weighted by Crippen LogP contribution is -2.41. The Morgan fingerprint density at radius 1 is 1.59 bits per heavy atom. The molecule has 0 saturated carbocycles. The summed E-state index contributed by atoms with van der Waals surface area (Å²) in [5.41, 5.74) is 2.87. The first-order valence-electron chi connectivity index (χ1n) is 7.95. The molecule has 1 aliphatic heterocycles. The first-order chi connectivity index (χ1) is 10.7. The van der Waals surface area contributed by atoms with Crippen LogP contribution in [-0.4, -0.2) is 30.0 Å². The van der Waals surface area contributed by atoms with Crippen LogP contribution in [0.2, 0.25) is 0 Å². The molecule has 1 unspecified atom stereocenters. The van der Waals surface area contributed by atoms with Crippen LogP contribution in [0.4, 0.5) is 0 Å². The second-order valence-corrected chi connectivity index (χ2v) is 6.77. The molecule has 0 bridgehead atoms. The molecule has 2 rings (SSSR count). The van der Waals surface area contributed by atoms with Gasteiger partial charge in [-0.3, -0.25) is 9.63 Å². The fourth-order valence-corrected chi connectivity index (χ4v) is 3.36. The van der Waals surface area contributed by atoms with Crippen molar-refractivity contribution >= 4 is 17.3 Å². The lowest BCUT2D eigenvalue weighted by Gasteiger charge is -2.26. The largest absolute Gasteiger partial charge is 0.481 e. The Morgan fingerprint density at radius 2 is 2.45 bits per heavy atom. The van der Waals surface area contributed by atoms with Crippen molar-refractivity contribution in [1.29, 1.82) is 0 Å². The molecule has 0 aliphatic carbocycles. The number of nitrogens with one attached hydrogen (secondary N) is 1. The van der Waals surface area contributed by atoms with Crippen LogP contribution in [0.5, 0.6) is 0 Å². The van der Waals surface area contributed by atoms with Crippen LogP contribution in [0, 0.1) is 5.92 Å². The first-order valence-corrected chi connectivity index (χ1v) is 8.82. The quantitative estimate of drug-likeness (QED) is 0.682. The summed E-state index contributed by atoms with van der Waals surface area (Å²) in [6.07, 6.45) is 5.19. The monoisotopic (exact) mass is 327 g/mol. The molecule has 5 nitrogen and oxygen atoms in total. The van der Waals surface area contributed by atoms with Crippen LogP contribution in [0.15, 0.2) is 17.5 Å². The molecule has 1 aromatic heterocycles. The highest BCUT2D eigenvalue weighted by Crippen LogP contribution is 2.18. The van der Waals surface area contributed by atoms with E-state index in [9.17, 15) is 9.90 Å². The zero-order valence-electron chi connectivity index (χ0n) is 13.0. The third-order valence-corrected chi connectivity index (χ3v) is 4.90. The van der Waals surface area contributed by atoms with Gasteiger partial charge in [0.1, 0.15) is 0 Å². The summed E-state index contributed by atoms with van der Waals surface area (Å²) in [4.78, 5) is 18.3. The molecular formula is C16H25NO4S. The Morgan fingerprint density at radius 3 is 3.09 bits per heavy atom. The second-order valence-electron chi connectivity index (χ2n) is 5.74. The van der Waals surface area contributed by atoms with Gasteiger partial charge in [0.15, 0.2) is 6.29 Å². The van der Waals surface area contributed by atoms with E-state index in [0.717, 1.165) is 32.1 Å². The van der Waals surface area contributed by atoms with Crippen LogP contribution in [0.3, 0.4) is 0 Å². The van der Waals surface area contributed by atoms with Crippen molar-refractivity contribution in [3.8, 4) is 0 Å². The number of aryl methyl sites for hydroxylation is 1. The van der Waals surface area contributed by atoms with Gasteiger partial charge in [0, 0.05) is 23.9 Å². The number of rotatable bonds is 9. The number of aliphatic carboxylic acids is 1. The van der Waals surface area contributed by atoms with Crippen molar-refractivity contribution in [2.24, 2.45) is 5.92 Å². The van der Waals surface area contributed by atoms with Crippen molar-refractivity contribution in [2.45, 2.75) is 57.8 Å². The van der Waals surface area contributed by atoms with Crippen molar-refractivity contribution in [2.75, 3.05) is 6.61 Å². The summed E-state index contributed by atoms with van der Waals surface area (Å²) in [6.45, 7) is 2.57. The average Bonchev–Trinajstić information content (AvgIpc) is 3.03. The minimum absolute atomic E-state index is 0.244. The molecule has 124 valence electrons. The van der Waals surface area contributed by atoms with Crippen molar-refractivity contribution in [3.05, 3.63) is 22.4 Å². The summed E-state index contributed by atoms with van der Waals surface area (Å²) < 4.78 is 5.47. The lowest BCUT2D eigenvalue weighted by atomic mass is 9.95. The number of thiophene rings is 1. The van der Waals surface area contributed by atoms with E-state index in [0.29, 0.717) is 13.0 Å². The highest BCUT2D eigenvalue weighted by Gasteiger charge is 2.26. The van der Waals surface area contributed by atoms with Crippen molar-refractivity contribution < 1.29 is 19.5 Å². The predicted octanol–water partition coefficient (Wildman–Crippen LogP) is 3.21. The fourth-order valence-electron chi connectivity index (χ4n) is 2.61. The second kappa shape index (κ2) is 9.25. The van der Waals surface area contributed by atoms with Gasteiger partial charge in [0.25, 0.3) is 0 Å². The SMILES string of the molecule is C[C@H](NOC1CCCCO1)[C@@H](CCCc1cccs1)C(=O)O. The van der Waals surface area contributed by atoms with Gasteiger partial charge in [-0.2, -0.15) is 5.48 Å². The van der Waals surface area contributed by atoms with E-state index in [2.05, 4.69) is 11.5 Å². The van der Waals surface area contributed by atoms with Gasteiger partial charge in [-0.1, -0.05) is 6.07 Å². The third-order valence-electron chi connectivity index (χ3n) is 3.96. The van der Waals surface area contributed by atoms with Gasteiger partial charge in [0.05, 0.1) is 5.92 Å². The number of ether oxygens (including phenoxy) is 1. The van der Waals surface area contributed by atoms with E-state index in [-0.39, 0.29) is 12.3 Å². The Balaban J connectivity index is 1.72. The maximum Gasteiger partial charge on any atom is 0.308 e. The lowest BCUT2D eigenvalue weighted by molar-refractivity contribution is -0.206. The van der Waals surface area contributed by atoms with E-state index < -0.39 is 11.9 Å². The number of carboxylic acids is 1. The minimum Gasteiger partial charge on any atom is -0.481 e. The van der Waals surface area contributed by atoms with Gasteiger partial charge in [0.2, 0.25) is 0 Å². The molecule has 2 N–H and O–H groups in total. The molecule has 2 heterocycles. The molecule has 1 aliphatic rings. The van der Waals surface area contributed by atoms with Crippen molar-refractivity contribution in [1.82, 2.24) is 5.48 Å². The molecule has 6 heteroatoms. The van der Waals surface area contributed by atoms with Gasteiger partial charge in [-0.15, -0.1) is 11.3 Å². The van der Waals surface area contributed by atoms with E-state index in [1.54, 1.807) is 11.3 Å². The Kier molecular flexibility index (Phi) is 7.32. The van der Waals surface area contributed by atoms with Crippen LogP contribution < -0.4 is 5.48 Å². The van der Waals surface area contributed by atoms with Crippen molar-refractivity contribution in [3.63, 3.8) is 0 Å². The van der Waals surface area contributed by atoms with Crippen LogP contribution in [0.1, 0.15) is 43.9 Å². The number of hydrogen-bond acceptors (Lipinski definition) is 5.